The van der Waals surface area contributed by atoms with Crippen LogP contribution in [0.2, 0.25) is 0 Å². The van der Waals surface area contributed by atoms with E-state index in [4.69, 9.17) is 5.26 Å². The van der Waals surface area contributed by atoms with Crippen molar-refractivity contribution in [2.24, 2.45) is 0 Å². The number of nitrogens with zero attached hydrogens (tertiary/aromatic N) is 2. The third-order valence-electron chi connectivity index (χ3n) is 2.44. The molecule has 1 aromatic heterocycles. The van der Waals surface area contributed by atoms with Crippen LogP contribution in [0.25, 0.3) is 0 Å². The Labute approximate surface area is 99.4 Å². The van der Waals surface area contributed by atoms with Crippen LogP contribution in [0.5, 0.6) is 0 Å². The molecule has 17 heavy (non-hydrogen) atoms. The van der Waals surface area contributed by atoms with Gasteiger partial charge in [0.05, 0.1) is 11.6 Å². The fraction of sp³-hybridized carbons (Fsp3) is 0.0714. The van der Waals surface area contributed by atoms with E-state index >= 15 is 0 Å². The summed E-state index contributed by atoms with van der Waals surface area (Å²) in [4.78, 5) is 15.9. The van der Waals surface area contributed by atoms with Gasteiger partial charge in [-0.3, -0.25) is 9.78 Å². The van der Waals surface area contributed by atoms with Crippen molar-refractivity contribution in [2.75, 3.05) is 0 Å². The molecule has 0 aliphatic carbocycles. The van der Waals surface area contributed by atoms with Crippen LogP contribution >= 0.6 is 0 Å². The number of pyridine rings is 1. The molecule has 0 saturated heterocycles. The number of carbonyl (C=O) groups is 1. The number of ketones is 1. The number of hydrogen-bond acceptors (Lipinski definition) is 3. The lowest BCUT2D eigenvalue weighted by Crippen LogP contribution is -2.06. The van der Waals surface area contributed by atoms with Gasteiger partial charge in [0.2, 0.25) is 0 Å². The Hall–Kier alpha value is -2.47. The van der Waals surface area contributed by atoms with E-state index in [9.17, 15) is 4.79 Å². The molecule has 0 saturated carbocycles. The second-order valence-corrected chi connectivity index (χ2v) is 3.58. The molecule has 0 spiro atoms. The van der Waals surface area contributed by atoms with Crippen LogP contribution in [-0.4, -0.2) is 10.8 Å². The largest absolute Gasteiger partial charge is 0.292 e. The van der Waals surface area contributed by atoms with Gasteiger partial charge < -0.3 is 0 Å². The Bertz CT molecular complexity index is 570. The van der Waals surface area contributed by atoms with E-state index in [-0.39, 0.29) is 12.2 Å². The monoisotopic (exact) mass is 222 g/mol. The Morgan fingerprint density at radius 1 is 1.18 bits per heavy atom. The van der Waals surface area contributed by atoms with Crippen molar-refractivity contribution in [1.29, 1.82) is 5.26 Å². The number of rotatable bonds is 3. The predicted octanol–water partition coefficient (Wildman–Crippen LogP) is 2.38. The van der Waals surface area contributed by atoms with Gasteiger partial charge in [0, 0.05) is 12.6 Å². The van der Waals surface area contributed by atoms with Crippen molar-refractivity contribution < 1.29 is 4.79 Å². The highest BCUT2D eigenvalue weighted by Gasteiger charge is 2.10. The number of nitriles is 1. The summed E-state index contributed by atoms with van der Waals surface area (Å²) in [6.07, 6.45) is 1.80. The van der Waals surface area contributed by atoms with Gasteiger partial charge in [-0.1, -0.05) is 24.3 Å². The van der Waals surface area contributed by atoms with Crippen LogP contribution < -0.4 is 0 Å². The number of Topliss-reactive ketones (excluding diaryl/α,β-unsaturated/α-hetero) is 1. The van der Waals surface area contributed by atoms with Crippen LogP contribution in [0.3, 0.4) is 0 Å². The fourth-order valence-corrected chi connectivity index (χ4v) is 1.57. The first-order valence-electron chi connectivity index (χ1n) is 5.23. The molecule has 0 N–H and O–H groups in total. The zero-order chi connectivity index (χ0) is 12.1. The molecule has 0 aliphatic rings. The van der Waals surface area contributed by atoms with Crippen LogP contribution in [0.15, 0.2) is 48.7 Å². The molecular weight excluding hydrogens is 212 g/mol. The van der Waals surface area contributed by atoms with E-state index in [2.05, 4.69) is 11.1 Å². The lowest BCUT2D eigenvalue weighted by Gasteiger charge is -2.02. The zero-order valence-electron chi connectivity index (χ0n) is 9.13. The number of carbonyl (C=O) groups excluding carboxylic acids is 1. The molecule has 0 amide bonds. The van der Waals surface area contributed by atoms with Gasteiger partial charge in [0.25, 0.3) is 0 Å². The first kappa shape index (κ1) is 11.0. The number of benzene rings is 1. The van der Waals surface area contributed by atoms with Crippen molar-refractivity contribution in [2.45, 2.75) is 6.42 Å². The van der Waals surface area contributed by atoms with Crippen LogP contribution in [0.1, 0.15) is 21.6 Å². The molecule has 0 unspecified atom stereocenters. The van der Waals surface area contributed by atoms with Crippen LogP contribution in [-0.2, 0) is 6.42 Å². The second kappa shape index (κ2) is 5.04. The van der Waals surface area contributed by atoms with E-state index in [1.165, 1.54) is 0 Å². The molecule has 82 valence electrons. The number of aromatic nitrogens is 1. The summed E-state index contributed by atoms with van der Waals surface area (Å²) in [5.41, 5.74) is 1.71. The maximum absolute atomic E-state index is 11.9. The molecular formula is C14H10N2O. The second-order valence-electron chi connectivity index (χ2n) is 3.58. The molecule has 1 heterocycles. The minimum atomic E-state index is -0.0756. The van der Waals surface area contributed by atoms with Crippen LogP contribution in [0.4, 0.5) is 0 Å². The van der Waals surface area contributed by atoms with E-state index in [1.54, 1.807) is 42.6 Å². The third kappa shape index (κ3) is 2.56. The van der Waals surface area contributed by atoms with Crippen molar-refractivity contribution in [3.63, 3.8) is 0 Å². The standard InChI is InChI=1S/C14H10N2O/c15-10-12-6-2-1-5-11(12)9-14(17)13-7-3-4-8-16-13/h1-8H,9H2. The predicted molar refractivity (Wildman–Crippen MR) is 63.4 cm³/mol. The highest BCUT2D eigenvalue weighted by atomic mass is 16.1. The summed E-state index contributed by atoms with van der Waals surface area (Å²) in [7, 11) is 0. The van der Waals surface area contributed by atoms with E-state index in [0.29, 0.717) is 11.3 Å². The highest BCUT2D eigenvalue weighted by Crippen LogP contribution is 2.10. The van der Waals surface area contributed by atoms with Crippen molar-refractivity contribution in [3.05, 3.63) is 65.5 Å². The van der Waals surface area contributed by atoms with Crippen molar-refractivity contribution >= 4 is 5.78 Å². The highest BCUT2D eigenvalue weighted by molar-refractivity contribution is 5.95. The first-order valence-corrected chi connectivity index (χ1v) is 5.23. The molecule has 3 nitrogen and oxygen atoms in total. The van der Waals surface area contributed by atoms with Crippen molar-refractivity contribution in [1.82, 2.24) is 4.98 Å². The molecule has 1 aromatic carbocycles. The normalized spacial score (nSPS) is 9.59. The van der Waals surface area contributed by atoms with Gasteiger partial charge >= 0.3 is 0 Å². The van der Waals surface area contributed by atoms with Gasteiger partial charge in [0.1, 0.15) is 5.69 Å². The average Bonchev–Trinajstić information content (AvgIpc) is 2.40. The topological polar surface area (TPSA) is 53.8 Å². The summed E-state index contributed by atoms with van der Waals surface area (Å²) in [6.45, 7) is 0. The quantitative estimate of drug-likeness (QED) is 0.749. The van der Waals surface area contributed by atoms with E-state index < -0.39 is 0 Å². The SMILES string of the molecule is N#Cc1ccccc1CC(=O)c1ccccn1. The minimum absolute atomic E-state index is 0.0756. The lowest BCUT2D eigenvalue weighted by molar-refractivity contribution is 0.0988. The van der Waals surface area contributed by atoms with Gasteiger partial charge in [-0.2, -0.15) is 5.26 Å². The van der Waals surface area contributed by atoms with Crippen LogP contribution in [0, 0.1) is 11.3 Å². The molecule has 0 radical (unpaired) electrons. The number of hydrogen-bond donors (Lipinski definition) is 0. The molecule has 0 aliphatic heterocycles. The molecule has 0 bridgehead atoms. The van der Waals surface area contributed by atoms with E-state index in [0.717, 1.165) is 5.56 Å². The molecule has 3 heteroatoms. The molecule has 2 rings (SSSR count). The zero-order valence-corrected chi connectivity index (χ0v) is 9.13. The van der Waals surface area contributed by atoms with E-state index in [1.807, 2.05) is 6.07 Å². The lowest BCUT2D eigenvalue weighted by atomic mass is 10.0. The molecule has 2 aromatic rings. The summed E-state index contributed by atoms with van der Waals surface area (Å²) >= 11 is 0. The average molecular weight is 222 g/mol. The summed E-state index contributed by atoms with van der Waals surface area (Å²) < 4.78 is 0. The van der Waals surface area contributed by atoms with Gasteiger partial charge in [-0.05, 0) is 23.8 Å². The maximum Gasteiger partial charge on any atom is 0.185 e. The van der Waals surface area contributed by atoms with Gasteiger partial charge in [-0.25, -0.2) is 0 Å². The summed E-state index contributed by atoms with van der Waals surface area (Å²) in [6, 6.07) is 14.4. The van der Waals surface area contributed by atoms with Gasteiger partial charge in [-0.15, -0.1) is 0 Å². The summed E-state index contributed by atoms with van der Waals surface area (Å²) in [5.74, 6) is -0.0756. The van der Waals surface area contributed by atoms with Crippen molar-refractivity contribution in [3.8, 4) is 6.07 Å². The Morgan fingerprint density at radius 3 is 2.65 bits per heavy atom. The first-order chi connectivity index (χ1) is 8.31. The fourth-order valence-electron chi connectivity index (χ4n) is 1.57. The Morgan fingerprint density at radius 2 is 1.94 bits per heavy atom. The Balaban J connectivity index is 2.23. The smallest absolute Gasteiger partial charge is 0.185 e. The minimum Gasteiger partial charge on any atom is -0.292 e. The third-order valence-corrected chi connectivity index (χ3v) is 2.44. The Kier molecular flexibility index (Phi) is 3.27. The van der Waals surface area contributed by atoms with Gasteiger partial charge in [0.15, 0.2) is 5.78 Å². The molecule has 0 atom stereocenters. The molecule has 0 fully saturated rings. The maximum atomic E-state index is 11.9. The summed E-state index contributed by atoms with van der Waals surface area (Å²) in [5, 5.41) is 8.92.